The summed E-state index contributed by atoms with van der Waals surface area (Å²) in [6, 6.07) is 3.43. The fourth-order valence-corrected chi connectivity index (χ4v) is 1.70. The van der Waals surface area contributed by atoms with Crippen LogP contribution in [0.5, 0.6) is 0 Å². The van der Waals surface area contributed by atoms with E-state index in [4.69, 9.17) is 0 Å². The molecule has 2 rings (SSSR count). The van der Waals surface area contributed by atoms with Crippen LogP contribution in [0.4, 0.5) is 5.82 Å². The number of aryl methyl sites for hydroxylation is 1. The van der Waals surface area contributed by atoms with Crippen molar-refractivity contribution in [2.24, 2.45) is 7.05 Å². The fraction of sp³-hybridized carbons (Fsp3) is 0.308. The van der Waals surface area contributed by atoms with E-state index in [2.05, 4.69) is 20.7 Å². The van der Waals surface area contributed by atoms with Crippen molar-refractivity contribution in [2.45, 2.75) is 13.5 Å². The number of pyridine rings is 1. The maximum Gasteiger partial charge on any atom is 0.251 e. The number of carbonyl (C=O) groups is 1. The van der Waals surface area contributed by atoms with E-state index >= 15 is 0 Å². The summed E-state index contributed by atoms with van der Waals surface area (Å²) in [6.07, 6.45) is 5.23. The van der Waals surface area contributed by atoms with Crippen LogP contribution in [-0.2, 0) is 13.6 Å². The van der Waals surface area contributed by atoms with Crippen molar-refractivity contribution in [3.05, 3.63) is 41.9 Å². The largest absolute Gasteiger partial charge is 0.370 e. The highest BCUT2D eigenvalue weighted by molar-refractivity contribution is 5.94. The Balaban J connectivity index is 1.97. The third-order valence-corrected chi connectivity index (χ3v) is 2.59. The zero-order chi connectivity index (χ0) is 13.7. The first kappa shape index (κ1) is 13.1. The third kappa shape index (κ3) is 3.54. The van der Waals surface area contributed by atoms with Crippen molar-refractivity contribution >= 4 is 11.7 Å². The van der Waals surface area contributed by atoms with Crippen LogP contribution in [0.15, 0.2) is 30.7 Å². The molecule has 0 atom stereocenters. The first-order valence-electron chi connectivity index (χ1n) is 6.14. The smallest absolute Gasteiger partial charge is 0.251 e. The Morgan fingerprint density at radius 1 is 1.47 bits per heavy atom. The van der Waals surface area contributed by atoms with Gasteiger partial charge < -0.3 is 10.6 Å². The van der Waals surface area contributed by atoms with Crippen LogP contribution in [0.1, 0.15) is 22.8 Å². The number of nitrogens with one attached hydrogen (secondary N) is 2. The third-order valence-electron chi connectivity index (χ3n) is 2.59. The molecule has 2 aromatic rings. The number of hydrogen-bond acceptors (Lipinski definition) is 4. The van der Waals surface area contributed by atoms with Gasteiger partial charge in [0.25, 0.3) is 5.91 Å². The first-order chi connectivity index (χ1) is 9.19. The predicted octanol–water partition coefficient (Wildman–Crippen LogP) is 1.18. The average molecular weight is 259 g/mol. The van der Waals surface area contributed by atoms with Gasteiger partial charge in [0, 0.05) is 43.7 Å². The molecule has 0 aromatic carbocycles. The van der Waals surface area contributed by atoms with Gasteiger partial charge in [-0.25, -0.2) is 4.98 Å². The van der Waals surface area contributed by atoms with Gasteiger partial charge in [0.1, 0.15) is 5.82 Å². The van der Waals surface area contributed by atoms with Crippen LogP contribution < -0.4 is 10.6 Å². The molecule has 0 fully saturated rings. The second-order valence-electron chi connectivity index (χ2n) is 4.17. The molecule has 0 spiro atoms. The van der Waals surface area contributed by atoms with Gasteiger partial charge in [-0.15, -0.1) is 0 Å². The molecule has 2 aromatic heterocycles. The Hall–Kier alpha value is -2.37. The maximum absolute atomic E-state index is 12.0. The van der Waals surface area contributed by atoms with Gasteiger partial charge in [0.15, 0.2) is 0 Å². The molecule has 0 radical (unpaired) electrons. The minimum atomic E-state index is -0.120. The highest BCUT2D eigenvalue weighted by Crippen LogP contribution is 2.06. The van der Waals surface area contributed by atoms with Gasteiger partial charge in [0.05, 0.1) is 6.20 Å². The predicted molar refractivity (Wildman–Crippen MR) is 72.8 cm³/mol. The quantitative estimate of drug-likeness (QED) is 0.845. The lowest BCUT2D eigenvalue weighted by molar-refractivity contribution is 0.0951. The number of nitrogens with zero attached hydrogens (tertiary/aromatic N) is 3. The van der Waals surface area contributed by atoms with Crippen LogP contribution >= 0.6 is 0 Å². The first-order valence-corrected chi connectivity index (χ1v) is 6.14. The zero-order valence-electron chi connectivity index (χ0n) is 11.1. The standard InChI is InChI=1S/C13H17N5O/c1-3-14-12-6-11(4-5-15-12)13(19)16-7-10-8-17-18(2)9-10/h4-6,8-9H,3,7H2,1-2H3,(H,14,15)(H,16,19). The summed E-state index contributed by atoms with van der Waals surface area (Å²) in [5.74, 6) is 0.585. The van der Waals surface area contributed by atoms with E-state index < -0.39 is 0 Å². The highest BCUT2D eigenvalue weighted by Gasteiger charge is 2.07. The number of aromatic nitrogens is 3. The van der Waals surface area contributed by atoms with E-state index in [1.54, 1.807) is 29.2 Å². The monoisotopic (exact) mass is 259 g/mol. The second-order valence-corrected chi connectivity index (χ2v) is 4.17. The summed E-state index contributed by atoms with van der Waals surface area (Å²) in [5.41, 5.74) is 1.56. The van der Waals surface area contributed by atoms with Crippen LogP contribution in [0.25, 0.3) is 0 Å². The van der Waals surface area contributed by atoms with Crippen LogP contribution in [0, 0.1) is 0 Å². The number of rotatable bonds is 5. The van der Waals surface area contributed by atoms with E-state index in [0.29, 0.717) is 17.9 Å². The molecule has 0 saturated carbocycles. The Morgan fingerprint density at radius 2 is 2.32 bits per heavy atom. The topological polar surface area (TPSA) is 71.8 Å². The molecule has 19 heavy (non-hydrogen) atoms. The number of amides is 1. The average Bonchev–Trinajstić information content (AvgIpc) is 2.82. The van der Waals surface area contributed by atoms with Gasteiger partial charge >= 0.3 is 0 Å². The molecule has 0 unspecified atom stereocenters. The fourth-order valence-electron chi connectivity index (χ4n) is 1.70. The zero-order valence-corrected chi connectivity index (χ0v) is 11.1. The van der Waals surface area contributed by atoms with E-state index in [0.717, 1.165) is 12.1 Å². The van der Waals surface area contributed by atoms with Crippen LogP contribution in [0.3, 0.4) is 0 Å². The van der Waals surface area contributed by atoms with E-state index in [9.17, 15) is 4.79 Å². The number of hydrogen-bond donors (Lipinski definition) is 2. The Bertz CT molecular complexity index is 564. The molecule has 6 heteroatoms. The Labute approximate surface area is 111 Å². The second kappa shape index (κ2) is 5.99. The molecular weight excluding hydrogens is 242 g/mol. The van der Waals surface area contributed by atoms with Crippen molar-refractivity contribution < 1.29 is 4.79 Å². The van der Waals surface area contributed by atoms with Crippen LogP contribution in [0.2, 0.25) is 0 Å². The molecule has 0 aliphatic heterocycles. The van der Waals surface area contributed by atoms with Gasteiger partial charge in [-0.05, 0) is 19.1 Å². The molecular formula is C13H17N5O. The van der Waals surface area contributed by atoms with Crippen molar-refractivity contribution in [2.75, 3.05) is 11.9 Å². The van der Waals surface area contributed by atoms with Crippen molar-refractivity contribution in [3.8, 4) is 0 Å². The van der Waals surface area contributed by atoms with E-state index in [1.807, 2.05) is 20.2 Å². The Morgan fingerprint density at radius 3 is 3.00 bits per heavy atom. The van der Waals surface area contributed by atoms with E-state index in [-0.39, 0.29) is 5.91 Å². The van der Waals surface area contributed by atoms with Crippen molar-refractivity contribution in [1.82, 2.24) is 20.1 Å². The van der Waals surface area contributed by atoms with E-state index in [1.165, 1.54) is 0 Å². The molecule has 2 N–H and O–H groups in total. The number of carbonyl (C=O) groups excluding carboxylic acids is 1. The summed E-state index contributed by atoms with van der Waals surface area (Å²) in [5, 5.41) is 9.98. The lowest BCUT2D eigenvalue weighted by Gasteiger charge is -2.06. The maximum atomic E-state index is 12.0. The van der Waals surface area contributed by atoms with Crippen LogP contribution in [-0.4, -0.2) is 27.2 Å². The molecule has 0 saturated heterocycles. The molecule has 0 bridgehead atoms. The van der Waals surface area contributed by atoms with Gasteiger partial charge in [-0.1, -0.05) is 0 Å². The normalized spacial score (nSPS) is 10.2. The lowest BCUT2D eigenvalue weighted by Crippen LogP contribution is -2.22. The summed E-state index contributed by atoms with van der Waals surface area (Å²) in [6.45, 7) is 3.22. The summed E-state index contributed by atoms with van der Waals surface area (Å²) < 4.78 is 1.71. The van der Waals surface area contributed by atoms with Gasteiger partial charge in [0.2, 0.25) is 0 Å². The minimum Gasteiger partial charge on any atom is -0.370 e. The Kier molecular flexibility index (Phi) is 4.12. The molecule has 0 aliphatic carbocycles. The lowest BCUT2D eigenvalue weighted by atomic mass is 10.2. The SMILES string of the molecule is CCNc1cc(C(=O)NCc2cnn(C)c2)ccn1. The van der Waals surface area contributed by atoms with Gasteiger partial charge in [-0.3, -0.25) is 9.48 Å². The minimum absolute atomic E-state index is 0.120. The molecule has 0 aliphatic rings. The summed E-state index contributed by atoms with van der Waals surface area (Å²) in [4.78, 5) is 16.1. The van der Waals surface area contributed by atoms with Gasteiger partial charge in [-0.2, -0.15) is 5.10 Å². The van der Waals surface area contributed by atoms with Crippen molar-refractivity contribution in [3.63, 3.8) is 0 Å². The molecule has 100 valence electrons. The number of anilines is 1. The molecule has 2 heterocycles. The summed E-state index contributed by atoms with van der Waals surface area (Å²) in [7, 11) is 1.84. The molecule has 1 amide bonds. The summed E-state index contributed by atoms with van der Waals surface area (Å²) >= 11 is 0. The van der Waals surface area contributed by atoms with Crippen molar-refractivity contribution in [1.29, 1.82) is 0 Å². The molecule has 6 nitrogen and oxygen atoms in total. The highest BCUT2D eigenvalue weighted by atomic mass is 16.1.